The fraction of sp³-hybridized carbons (Fsp3) is 0.571. The van der Waals surface area contributed by atoms with Crippen LogP contribution in [0.25, 0.3) is 0 Å². The first-order chi connectivity index (χ1) is 7.78. The molecule has 1 saturated carbocycles. The maximum atomic E-state index is 12.9. The second-order valence-corrected chi connectivity index (χ2v) is 5.26. The van der Waals surface area contributed by atoms with Crippen molar-refractivity contribution in [3.63, 3.8) is 0 Å². The lowest BCUT2D eigenvalue weighted by atomic mass is 9.84. The Labute approximate surface area is 108 Å². The van der Waals surface area contributed by atoms with Crippen molar-refractivity contribution < 1.29 is 4.39 Å². The van der Waals surface area contributed by atoms with Crippen LogP contribution in [0.5, 0.6) is 0 Å². The molecule has 0 aromatic heterocycles. The Bertz CT molecular complexity index is 366. The zero-order valence-electron chi connectivity index (χ0n) is 9.92. The first kappa shape index (κ1) is 12.8. The molecular formula is C14H19ClFN. The van der Waals surface area contributed by atoms with Gasteiger partial charge < -0.3 is 5.32 Å². The molecule has 2 aliphatic rings. The van der Waals surface area contributed by atoms with Crippen molar-refractivity contribution in [1.29, 1.82) is 0 Å². The van der Waals surface area contributed by atoms with Gasteiger partial charge in [0.15, 0.2) is 0 Å². The highest BCUT2D eigenvalue weighted by Gasteiger charge is 2.46. The van der Waals surface area contributed by atoms with Gasteiger partial charge in [-0.25, -0.2) is 4.39 Å². The van der Waals surface area contributed by atoms with Gasteiger partial charge >= 0.3 is 0 Å². The molecule has 1 saturated heterocycles. The molecule has 0 spiro atoms. The van der Waals surface area contributed by atoms with Gasteiger partial charge in [-0.1, -0.05) is 12.1 Å². The minimum absolute atomic E-state index is 0. The van der Waals surface area contributed by atoms with Crippen LogP contribution in [0.15, 0.2) is 24.3 Å². The molecule has 1 unspecified atom stereocenters. The van der Waals surface area contributed by atoms with E-state index in [0.717, 1.165) is 18.9 Å². The summed E-state index contributed by atoms with van der Waals surface area (Å²) in [6, 6.07) is 7.01. The lowest BCUT2D eigenvalue weighted by Crippen LogP contribution is -2.44. The van der Waals surface area contributed by atoms with E-state index in [1.54, 1.807) is 12.1 Å². The van der Waals surface area contributed by atoms with Crippen LogP contribution < -0.4 is 5.32 Å². The predicted octanol–water partition coefficient (Wildman–Crippen LogP) is 3.32. The van der Waals surface area contributed by atoms with Gasteiger partial charge in [-0.2, -0.15) is 0 Å². The topological polar surface area (TPSA) is 12.0 Å². The number of hydrogen-bond donors (Lipinski definition) is 1. The van der Waals surface area contributed by atoms with Crippen molar-refractivity contribution in [2.45, 2.75) is 37.6 Å². The van der Waals surface area contributed by atoms with E-state index in [9.17, 15) is 4.39 Å². The molecule has 1 aromatic carbocycles. The molecule has 2 fully saturated rings. The Kier molecular flexibility index (Phi) is 3.74. The molecular weight excluding hydrogens is 237 g/mol. The summed E-state index contributed by atoms with van der Waals surface area (Å²) in [7, 11) is 0. The van der Waals surface area contributed by atoms with E-state index in [0.29, 0.717) is 5.54 Å². The monoisotopic (exact) mass is 255 g/mol. The van der Waals surface area contributed by atoms with E-state index < -0.39 is 0 Å². The van der Waals surface area contributed by atoms with E-state index in [1.165, 1.54) is 31.2 Å². The molecule has 0 amide bonds. The van der Waals surface area contributed by atoms with Crippen molar-refractivity contribution in [2.24, 2.45) is 5.92 Å². The van der Waals surface area contributed by atoms with Crippen molar-refractivity contribution in [3.8, 4) is 0 Å². The smallest absolute Gasteiger partial charge is 0.123 e. The Hall–Kier alpha value is -0.600. The molecule has 1 aromatic rings. The quantitative estimate of drug-likeness (QED) is 0.874. The van der Waals surface area contributed by atoms with E-state index in [-0.39, 0.29) is 18.2 Å². The van der Waals surface area contributed by atoms with Crippen LogP contribution in [-0.2, 0) is 6.42 Å². The number of hydrogen-bond acceptors (Lipinski definition) is 1. The van der Waals surface area contributed by atoms with Crippen molar-refractivity contribution >= 4 is 12.4 Å². The molecule has 1 heterocycles. The van der Waals surface area contributed by atoms with Gasteiger partial charge in [0, 0.05) is 5.54 Å². The Morgan fingerprint density at radius 2 is 1.94 bits per heavy atom. The fourth-order valence-electron chi connectivity index (χ4n) is 3.08. The fourth-order valence-corrected chi connectivity index (χ4v) is 3.08. The van der Waals surface area contributed by atoms with E-state index >= 15 is 0 Å². The SMILES string of the molecule is Cl.Fc1ccc(CC2(C3CC3)CCCN2)cc1. The lowest BCUT2D eigenvalue weighted by molar-refractivity contribution is 0.323. The number of halogens is 2. The molecule has 1 aliphatic carbocycles. The molecule has 3 rings (SSSR count). The summed E-state index contributed by atoms with van der Waals surface area (Å²) in [5.41, 5.74) is 1.60. The van der Waals surface area contributed by atoms with Crippen molar-refractivity contribution in [3.05, 3.63) is 35.6 Å². The van der Waals surface area contributed by atoms with Crippen LogP contribution in [0.4, 0.5) is 4.39 Å². The maximum Gasteiger partial charge on any atom is 0.123 e. The Morgan fingerprint density at radius 3 is 2.47 bits per heavy atom. The molecule has 0 radical (unpaired) electrons. The molecule has 1 atom stereocenters. The second-order valence-electron chi connectivity index (χ2n) is 5.26. The Balaban J connectivity index is 0.00000108. The third-order valence-corrected chi connectivity index (χ3v) is 4.07. The van der Waals surface area contributed by atoms with Crippen LogP contribution in [0.2, 0.25) is 0 Å². The van der Waals surface area contributed by atoms with Crippen molar-refractivity contribution in [1.82, 2.24) is 5.32 Å². The van der Waals surface area contributed by atoms with E-state index in [1.807, 2.05) is 12.1 Å². The van der Waals surface area contributed by atoms with E-state index in [4.69, 9.17) is 0 Å². The van der Waals surface area contributed by atoms with Crippen LogP contribution in [0.3, 0.4) is 0 Å². The maximum absolute atomic E-state index is 12.9. The van der Waals surface area contributed by atoms with Crippen LogP contribution in [0, 0.1) is 11.7 Å². The molecule has 1 aliphatic heterocycles. The third-order valence-electron chi connectivity index (χ3n) is 4.07. The van der Waals surface area contributed by atoms with Gasteiger partial charge in [0.2, 0.25) is 0 Å². The summed E-state index contributed by atoms with van der Waals surface area (Å²) in [5, 5.41) is 3.70. The molecule has 1 nitrogen and oxygen atoms in total. The summed E-state index contributed by atoms with van der Waals surface area (Å²) in [6.07, 6.45) is 6.38. The summed E-state index contributed by atoms with van der Waals surface area (Å²) in [5.74, 6) is 0.726. The minimum Gasteiger partial charge on any atom is -0.311 e. The van der Waals surface area contributed by atoms with Gasteiger partial charge in [-0.3, -0.25) is 0 Å². The first-order valence-electron chi connectivity index (χ1n) is 6.28. The summed E-state index contributed by atoms with van der Waals surface area (Å²) >= 11 is 0. The van der Waals surface area contributed by atoms with Gasteiger partial charge in [0.25, 0.3) is 0 Å². The van der Waals surface area contributed by atoms with E-state index in [2.05, 4.69) is 5.32 Å². The summed E-state index contributed by atoms with van der Waals surface area (Å²) < 4.78 is 12.9. The highest BCUT2D eigenvalue weighted by molar-refractivity contribution is 5.85. The number of rotatable bonds is 3. The molecule has 1 N–H and O–H groups in total. The van der Waals surface area contributed by atoms with Gasteiger partial charge in [0.1, 0.15) is 5.82 Å². The average Bonchev–Trinajstić information content (AvgIpc) is 3.05. The lowest BCUT2D eigenvalue weighted by Gasteiger charge is -2.30. The molecule has 17 heavy (non-hydrogen) atoms. The average molecular weight is 256 g/mol. The summed E-state index contributed by atoms with van der Waals surface area (Å²) in [4.78, 5) is 0. The standard InChI is InChI=1S/C14H18FN.ClH/c15-13-6-2-11(3-7-13)10-14(12-4-5-12)8-1-9-16-14;/h2-3,6-7,12,16H,1,4-5,8-10H2;1H. The van der Waals surface area contributed by atoms with Crippen LogP contribution in [0.1, 0.15) is 31.2 Å². The van der Waals surface area contributed by atoms with Gasteiger partial charge in [-0.15, -0.1) is 12.4 Å². The zero-order chi connectivity index (χ0) is 11.0. The highest BCUT2D eigenvalue weighted by Crippen LogP contribution is 2.45. The van der Waals surface area contributed by atoms with Gasteiger partial charge in [-0.05, 0) is 62.3 Å². The molecule has 94 valence electrons. The second kappa shape index (κ2) is 4.95. The largest absolute Gasteiger partial charge is 0.311 e. The van der Waals surface area contributed by atoms with Gasteiger partial charge in [0.05, 0.1) is 0 Å². The minimum atomic E-state index is -0.136. The molecule has 0 bridgehead atoms. The normalized spacial score (nSPS) is 27.8. The van der Waals surface area contributed by atoms with Crippen molar-refractivity contribution in [2.75, 3.05) is 6.54 Å². The first-order valence-corrected chi connectivity index (χ1v) is 6.28. The number of nitrogens with one attached hydrogen (secondary N) is 1. The third kappa shape index (κ3) is 2.63. The van der Waals surface area contributed by atoms with Crippen LogP contribution in [-0.4, -0.2) is 12.1 Å². The number of benzene rings is 1. The highest BCUT2D eigenvalue weighted by atomic mass is 35.5. The summed E-state index contributed by atoms with van der Waals surface area (Å²) in [6.45, 7) is 1.15. The van der Waals surface area contributed by atoms with Crippen LogP contribution >= 0.6 is 12.4 Å². The zero-order valence-corrected chi connectivity index (χ0v) is 10.7. The Morgan fingerprint density at radius 1 is 1.24 bits per heavy atom. The molecule has 3 heteroatoms. The predicted molar refractivity (Wildman–Crippen MR) is 70.0 cm³/mol.